The van der Waals surface area contributed by atoms with E-state index in [1.54, 1.807) is 61.6 Å². The average molecular weight is 1020 g/mol. The van der Waals surface area contributed by atoms with E-state index >= 15 is 0 Å². The second-order valence-electron chi connectivity index (χ2n) is 18.7. The Labute approximate surface area is 422 Å². The Morgan fingerprint density at radius 3 is 1.86 bits per heavy atom. The number of aliphatic hydroxyl groups is 10. The van der Waals surface area contributed by atoms with Crippen LogP contribution in [-0.2, 0) is 28.5 Å². The summed E-state index contributed by atoms with van der Waals surface area (Å²) < 4.78 is 23.6. The van der Waals surface area contributed by atoms with Gasteiger partial charge in [-0.15, -0.1) is 0 Å². The zero-order chi connectivity index (χ0) is 53.2. The highest BCUT2D eigenvalue weighted by molar-refractivity contribution is 5.80. The minimum Gasteiger partial charge on any atom is -0.462 e. The molecule has 0 aromatic rings. The van der Waals surface area contributed by atoms with E-state index in [9.17, 15) is 65.4 Å². The summed E-state index contributed by atoms with van der Waals surface area (Å²) in [6.45, 7) is 2.85. The first kappa shape index (κ1) is 62.1. The number of ether oxygens (including phenoxy) is 4. The molecule has 3 heterocycles. The summed E-state index contributed by atoms with van der Waals surface area (Å²) in [5.41, 5.74) is 11.5. The van der Waals surface area contributed by atoms with Gasteiger partial charge in [-0.2, -0.15) is 0 Å². The number of carbonyl (C=O) groups is 3. The van der Waals surface area contributed by atoms with Gasteiger partial charge >= 0.3 is 12.0 Å². The van der Waals surface area contributed by atoms with Crippen LogP contribution < -0.4 is 11.5 Å². The van der Waals surface area contributed by atoms with Crippen LogP contribution in [0.1, 0.15) is 71.6 Å². The molecule has 0 saturated carbocycles. The molecular formula is C51H82N4O17. The van der Waals surface area contributed by atoms with E-state index < -0.39 is 122 Å². The quantitative estimate of drug-likeness (QED) is 0.143. The van der Waals surface area contributed by atoms with Crippen molar-refractivity contribution >= 4 is 17.9 Å². The van der Waals surface area contributed by atoms with Crippen molar-refractivity contribution < 1.29 is 84.4 Å². The molecule has 72 heavy (non-hydrogen) atoms. The summed E-state index contributed by atoms with van der Waals surface area (Å²) in [5.74, 6) is -2.89. The maximum absolute atomic E-state index is 14.4. The zero-order valence-corrected chi connectivity index (χ0v) is 41.5. The van der Waals surface area contributed by atoms with E-state index in [1.807, 2.05) is 37.3 Å². The van der Waals surface area contributed by atoms with Gasteiger partial charge in [0.1, 0.15) is 12.2 Å². The molecule has 3 amide bonds. The summed E-state index contributed by atoms with van der Waals surface area (Å²) in [5, 5.41) is 107. The number of aliphatic hydroxyl groups excluding tert-OH is 10. The number of hydrogen-bond acceptors (Lipinski definition) is 18. The molecule has 0 aromatic heterocycles. The molecule has 0 aromatic carbocycles. The molecule has 5 unspecified atom stereocenters. The van der Waals surface area contributed by atoms with Crippen LogP contribution in [0.25, 0.3) is 0 Å². The van der Waals surface area contributed by atoms with Crippen molar-refractivity contribution in [2.24, 2.45) is 23.3 Å². The first-order chi connectivity index (χ1) is 34.3. The Morgan fingerprint density at radius 1 is 0.694 bits per heavy atom. The van der Waals surface area contributed by atoms with Crippen molar-refractivity contribution in [2.75, 3.05) is 46.0 Å². The summed E-state index contributed by atoms with van der Waals surface area (Å²) in [4.78, 5) is 41.7. The first-order valence-corrected chi connectivity index (χ1v) is 24.9. The van der Waals surface area contributed by atoms with Crippen molar-refractivity contribution in [1.29, 1.82) is 0 Å². The van der Waals surface area contributed by atoms with Gasteiger partial charge in [0.25, 0.3) is 0 Å². The third kappa shape index (κ3) is 22.9. The highest BCUT2D eigenvalue weighted by Gasteiger charge is 2.42. The molecule has 3 aliphatic heterocycles. The minimum absolute atomic E-state index is 0.0650. The molecule has 2 saturated heterocycles. The average Bonchev–Trinajstić information content (AvgIpc) is 3.32. The van der Waals surface area contributed by atoms with Crippen molar-refractivity contribution in [3.05, 3.63) is 85.1 Å². The fourth-order valence-corrected chi connectivity index (χ4v) is 8.32. The van der Waals surface area contributed by atoms with Gasteiger partial charge in [-0.1, -0.05) is 92.0 Å². The number of piperazine rings is 1. The van der Waals surface area contributed by atoms with Crippen molar-refractivity contribution in [3.8, 4) is 0 Å². The summed E-state index contributed by atoms with van der Waals surface area (Å²) in [6.07, 6.45) is 7.38. The smallest absolute Gasteiger partial charge is 0.314 e. The Kier molecular flexibility index (Phi) is 29.0. The lowest BCUT2D eigenvalue weighted by molar-refractivity contribution is -0.255. The maximum Gasteiger partial charge on any atom is 0.314 e. The van der Waals surface area contributed by atoms with Crippen LogP contribution in [0, 0.1) is 11.8 Å². The molecule has 0 spiro atoms. The van der Waals surface area contributed by atoms with E-state index in [4.69, 9.17) is 30.4 Å². The van der Waals surface area contributed by atoms with Crippen LogP contribution >= 0.6 is 0 Å². The fraction of sp³-hybridized carbons (Fsp3) is 0.667. The molecule has 3 aliphatic rings. The Bertz CT molecular complexity index is 1800. The minimum atomic E-state index is -1.47. The van der Waals surface area contributed by atoms with Gasteiger partial charge in [-0.25, -0.2) is 4.79 Å². The summed E-state index contributed by atoms with van der Waals surface area (Å²) in [6, 6.07) is -1.78. The van der Waals surface area contributed by atoms with Crippen LogP contribution in [0.4, 0.5) is 4.79 Å². The normalized spacial score (nSPS) is 37.4. The monoisotopic (exact) mass is 1020 g/mol. The van der Waals surface area contributed by atoms with Crippen molar-refractivity contribution in [3.63, 3.8) is 0 Å². The second kappa shape index (κ2) is 33.6. The second-order valence-corrected chi connectivity index (χ2v) is 18.7. The van der Waals surface area contributed by atoms with E-state index in [0.29, 0.717) is 0 Å². The lowest BCUT2D eigenvalue weighted by atomic mass is 9.88. The molecule has 0 radical (unpaired) electrons. The molecule has 16 atom stereocenters. The van der Waals surface area contributed by atoms with Gasteiger partial charge in [0, 0.05) is 64.6 Å². The van der Waals surface area contributed by atoms with E-state index in [2.05, 4.69) is 0 Å². The first-order valence-electron chi connectivity index (χ1n) is 24.9. The number of urea groups is 1. The highest BCUT2D eigenvalue weighted by atomic mass is 16.7. The van der Waals surface area contributed by atoms with Gasteiger partial charge in [0.15, 0.2) is 6.29 Å². The van der Waals surface area contributed by atoms with Crippen LogP contribution in [-0.4, -0.2) is 210 Å². The van der Waals surface area contributed by atoms with Gasteiger partial charge in [-0.3, -0.25) is 9.59 Å². The largest absolute Gasteiger partial charge is 0.462 e. The molecule has 408 valence electrons. The summed E-state index contributed by atoms with van der Waals surface area (Å²) >= 11 is 0. The van der Waals surface area contributed by atoms with Gasteiger partial charge in [0.2, 0.25) is 5.91 Å². The SMILES string of the molecule is C[C@H]1C[C@H](O)[C@@H](C)/C=C/C=C/C=C/C=C/C=C/C=C/C=C/C(O[C@@H]2OC[C@@H](O)[C@H](N)[C@@H]2O)C[C@@H]([C@H](C(=O)N2CCN(C(N)=O)CC2)[C@@H](O)CCO)OCCC(O)CC(O)C(O)CCC(O)C[C@@H](O)CC(=O)O1. The van der Waals surface area contributed by atoms with Crippen LogP contribution in [0.5, 0.6) is 0 Å². The molecule has 21 nitrogen and oxygen atoms in total. The number of cyclic esters (lactones) is 1. The number of amides is 3. The topological polar surface area (TPSA) is 349 Å². The fourth-order valence-electron chi connectivity index (χ4n) is 8.32. The van der Waals surface area contributed by atoms with Gasteiger partial charge in [0.05, 0.1) is 86.0 Å². The predicted molar refractivity (Wildman–Crippen MR) is 265 cm³/mol. The van der Waals surface area contributed by atoms with Crippen molar-refractivity contribution in [2.45, 2.75) is 157 Å². The summed E-state index contributed by atoms with van der Waals surface area (Å²) in [7, 11) is 0. The number of primary amides is 1. The van der Waals surface area contributed by atoms with Crippen LogP contribution in [0.2, 0.25) is 0 Å². The maximum atomic E-state index is 14.4. The van der Waals surface area contributed by atoms with Crippen LogP contribution in [0.3, 0.4) is 0 Å². The number of nitrogens with zero attached hydrogens (tertiary/aromatic N) is 2. The number of nitrogens with two attached hydrogens (primary N) is 2. The molecule has 0 aliphatic carbocycles. The Morgan fingerprint density at radius 2 is 1.26 bits per heavy atom. The number of rotatable bonds is 7. The van der Waals surface area contributed by atoms with Gasteiger partial charge < -0.3 is 91.3 Å². The highest BCUT2D eigenvalue weighted by Crippen LogP contribution is 2.28. The third-order valence-electron chi connectivity index (χ3n) is 12.7. The number of allylic oxidation sites excluding steroid dienone is 12. The van der Waals surface area contributed by atoms with Crippen molar-refractivity contribution in [1.82, 2.24) is 9.80 Å². The lowest BCUT2D eigenvalue weighted by Crippen LogP contribution is -2.58. The van der Waals surface area contributed by atoms with Crippen LogP contribution in [0.15, 0.2) is 85.1 Å². The molecular weight excluding hydrogens is 941 g/mol. The zero-order valence-electron chi connectivity index (χ0n) is 41.5. The Balaban J connectivity index is 1.94. The molecule has 0 bridgehead atoms. The van der Waals surface area contributed by atoms with E-state index in [0.717, 1.165) is 0 Å². The molecule has 3 rings (SSSR count). The molecule has 2 fully saturated rings. The number of hydrogen-bond donors (Lipinski definition) is 12. The predicted octanol–water partition coefficient (Wildman–Crippen LogP) is -0.494. The van der Waals surface area contributed by atoms with E-state index in [-0.39, 0.29) is 96.7 Å². The molecule has 14 N–H and O–H groups in total. The molecule has 21 heteroatoms. The number of carbonyl (C=O) groups excluding carboxylic acids is 3. The standard InChI is InChI=1S/C51H82N4O17/c1-33-15-13-11-9-7-5-3-4-6-8-10-12-14-16-38(72-50-48(66)47(52)43(64)32-70-50)31-44(46(40(61)19-25-56)49(67)54-21-23-55(24-22-54)51(53)68)69-26-20-36(58)29-42(63)39(60)18-17-35(57)28-37(59)30-45(65)71-34(2)27-41(33)62/h3-16,33-44,46-48,50,56-64,66H,17-32,52H2,1-2H3,(H2,53,68)/b4-3+,7-5+,8-6+,11-9+,12-10+,15-13+,16-14+/t33-,34-,35?,36?,37+,38?,39?,40-,41-,42?,43+,44-,46+,47-,48-,50-/m0/s1. The van der Waals surface area contributed by atoms with E-state index in [1.165, 1.54) is 9.80 Å². The Hall–Kier alpha value is -4.17. The number of esters is 1. The van der Waals surface area contributed by atoms with Gasteiger partial charge in [-0.05, 0) is 39.0 Å². The lowest BCUT2D eigenvalue weighted by Gasteiger charge is -2.40. The third-order valence-corrected chi connectivity index (χ3v) is 12.7.